The first kappa shape index (κ1) is 15.1. The number of fused-ring (bicyclic) bond motifs is 1. The number of anilines is 1. The van der Waals surface area contributed by atoms with E-state index in [-0.39, 0.29) is 6.04 Å². The van der Waals surface area contributed by atoms with E-state index in [1.807, 2.05) is 42.2 Å². The minimum Gasteiger partial charge on any atom is -0.377 e. The number of benzene rings is 1. The number of nitrogens with zero attached hydrogens (tertiary/aromatic N) is 5. The summed E-state index contributed by atoms with van der Waals surface area (Å²) in [5, 5.41) is 4.56. The zero-order valence-corrected chi connectivity index (χ0v) is 14.2. The second-order valence-corrected chi connectivity index (χ2v) is 6.21. The van der Waals surface area contributed by atoms with E-state index in [2.05, 4.69) is 28.8 Å². The van der Waals surface area contributed by atoms with E-state index in [0.29, 0.717) is 13.2 Å². The second-order valence-electron chi connectivity index (χ2n) is 6.21. The normalized spacial score (nSPS) is 18.3. The van der Waals surface area contributed by atoms with Crippen molar-refractivity contribution in [2.45, 2.75) is 19.9 Å². The van der Waals surface area contributed by atoms with Gasteiger partial charge in [-0.05, 0) is 26.0 Å². The lowest BCUT2D eigenvalue weighted by Crippen LogP contribution is -2.40. The zero-order chi connectivity index (χ0) is 16.7. The van der Waals surface area contributed by atoms with E-state index in [1.165, 1.54) is 11.3 Å². The Labute approximate surface area is 141 Å². The minimum atomic E-state index is 0.114. The third-order valence-electron chi connectivity index (χ3n) is 4.76. The van der Waals surface area contributed by atoms with Crippen molar-refractivity contribution in [3.05, 3.63) is 47.4 Å². The zero-order valence-electron chi connectivity index (χ0n) is 14.2. The number of hydrogen-bond acceptors (Lipinski definition) is 5. The molecule has 2 aromatic heterocycles. The maximum Gasteiger partial charge on any atom is 0.148 e. The van der Waals surface area contributed by atoms with Crippen LogP contribution in [0.25, 0.3) is 11.0 Å². The topological polar surface area (TPSA) is 56.1 Å². The van der Waals surface area contributed by atoms with Gasteiger partial charge in [0.25, 0.3) is 0 Å². The summed E-state index contributed by atoms with van der Waals surface area (Å²) in [5.41, 5.74) is 5.28. The molecule has 3 aromatic rings. The van der Waals surface area contributed by atoms with Crippen LogP contribution in [0, 0.1) is 13.8 Å². The molecule has 1 aliphatic rings. The van der Waals surface area contributed by atoms with Crippen LogP contribution in [0.15, 0.2) is 30.5 Å². The van der Waals surface area contributed by atoms with Crippen molar-refractivity contribution in [1.29, 1.82) is 0 Å². The number of aromatic nitrogens is 4. The van der Waals surface area contributed by atoms with Crippen LogP contribution in [0.3, 0.4) is 0 Å². The van der Waals surface area contributed by atoms with E-state index in [4.69, 9.17) is 9.72 Å². The molecular weight excluding hydrogens is 302 g/mol. The van der Waals surface area contributed by atoms with Crippen molar-refractivity contribution in [3.63, 3.8) is 0 Å². The summed E-state index contributed by atoms with van der Waals surface area (Å²) in [6.07, 6.45) is 1.86. The summed E-state index contributed by atoms with van der Waals surface area (Å²) in [6, 6.07) is 8.08. The minimum absolute atomic E-state index is 0.114. The molecule has 6 nitrogen and oxygen atoms in total. The van der Waals surface area contributed by atoms with E-state index in [0.717, 1.165) is 29.1 Å². The molecule has 24 heavy (non-hydrogen) atoms. The van der Waals surface area contributed by atoms with Crippen LogP contribution in [0.5, 0.6) is 0 Å². The molecule has 0 N–H and O–H groups in total. The van der Waals surface area contributed by atoms with Crippen molar-refractivity contribution in [3.8, 4) is 0 Å². The van der Waals surface area contributed by atoms with Crippen LogP contribution < -0.4 is 4.90 Å². The Bertz CT molecular complexity index is 888. The fourth-order valence-electron chi connectivity index (χ4n) is 3.48. The highest BCUT2D eigenvalue weighted by atomic mass is 16.5. The van der Waals surface area contributed by atoms with Gasteiger partial charge in [0.1, 0.15) is 5.82 Å². The SMILES string of the molecule is Cc1nn(C)c(C)c1C1COCCN1c1cnc2ccccc2n1. The molecular formula is C18H21N5O. The van der Waals surface area contributed by atoms with Crippen molar-refractivity contribution < 1.29 is 4.74 Å². The van der Waals surface area contributed by atoms with Gasteiger partial charge in [-0.1, -0.05) is 12.1 Å². The number of para-hydroxylation sites is 2. The van der Waals surface area contributed by atoms with Crippen LogP contribution in [-0.4, -0.2) is 39.5 Å². The lowest BCUT2D eigenvalue weighted by atomic mass is 10.0. The van der Waals surface area contributed by atoms with Gasteiger partial charge in [0.05, 0.1) is 42.2 Å². The largest absolute Gasteiger partial charge is 0.377 e. The Morgan fingerprint density at radius 2 is 1.96 bits per heavy atom. The van der Waals surface area contributed by atoms with Crippen molar-refractivity contribution in [2.24, 2.45) is 7.05 Å². The van der Waals surface area contributed by atoms with E-state index in [9.17, 15) is 0 Å². The number of ether oxygens (including phenoxy) is 1. The summed E-state index contributed by atoms with van der Waals surface area (Å²) < 4.78 is 7.70. The highest BCUT2D eigenvalue weighted by Crippen LogP contribution is 2.32. The molecule has 1 aliphatic heterocycles. The van der Waals surface area contributed by atoms with E-state index >= 15 is 0 Å². The quantitative estimate of drug-likeness (QED) is 0.725. The second kappa shape index (κ2) is 5.87. The van der Waals surface area contributed by atoms with Gasteiger partial charge in [-0.25, -0.2) is 4.98 Å². The Morgan fingerprint density at radius 3 is 2.71 bits per heavy atom. The molecule has 0 saturated carbocycles. The summed E-state index contributed by atoms with van der Waals surface area (Å²) in [6.45, 7) is 6.30. The first-order chi connectivity index (χ1) is 11.6. The maximum atomic E-state index is 5.77. The highest BCUT2D eigenvalue weighted by molar-refractivity contribution is 5.75. The molecule has 124 valence electrons. The van der Waals surface area contributed by atoms with E-state index < -0.39 is 0 Å². The highest BCUT2D eigenvalue weighted by Gasteiger charge is 2.30. The summed E-state index contributed by atoms with van der Waals surface area (Å²) in [4.78, 5) is 11.7. The third-order valence-corrected chi connectivity index (χ3v) is 4.76. The monoisotopic (exact) mass is 323 g/mol. The molecule has 0 aliphatic carbocycles. The third kappa shape index (κ3) is 2.43. The molecule has 0 spiro atoms. The summed E-state index contributed by atoms with van der Waals surface area (Å²) in [5.74, 6) is 0.893. The number of morpholine rings is 1. The lowest BCUT2D eigenvalue weighted by molar-refractivity contribution is 0.0933. The molecule has 6 heteroatoms. The van der Waals surface area contributed by atoms with Crippen LogP contribution in [0.2, 0.25) is 0 Å². The van der Waals surface area contributed by atoms with Crippen molar-refractivity contribution >= 4 is 16.9 Å². The number of aryl methyl sites for hydroxylation is 2. The van der Waals surface area contributed by atoms with Crippen LogP contribution in [0.4, 0.5) is 5.82 Å². The van der Waals surface area contributed by atoms with Gasteiger partial charge in [0.2, 0.25) is 0 Å². The fourth-order valence-corrected chi connectivity index (χ4v) is 3.48. The standard InChI is InChI=1S/C18H21N5O/c1-12-18(13(2)22(3)21-12)16-11-24-9-8-23(16)17-10-19-14-6-4-5-7-15(14)20-17/h4-7,10,16H,8-9,11H2,1-3H3. The molecule has 1 fully saturated rings. The Hall–Kier alpha value is -2.47. The molecule has 0 bridgehead atoms. The Morgan fingerprint density at radius 1 is 1.17 bits per heavy atom. The van der Waals surface area contributed by atoms with Gasteiger partial charge in [-0.15, -0.1) is 0 Å². The molecule has 1 saturated heterocycles. The molecule has 1 aromatic carbocycles. The van der Waals surface area contributed by atoms with Crippen LogP contribution in [-0.2, 0) is 11.8 Å². The molecule has 0 amide bonds. The van der Waals surface area contributed by atoms with Gasteiger partial charge < -0.3 is 9.64 Å². The average Bonchev–Trinajstić information content (AvgIpc) is 2.86. The van der Waals surface area contributed by atoms with Crippen LogP contribution >= 0.6 is 0 Å². The number of rotatable bonds is 2. The van der Waals surface area contributed by atoms with Crippen molar-refractivity contribution in [1.82, 2.24) is 19.7 Å². The van der Waals surface area contributed by atoms with E-state index in [1.54, 1.807) is 0 Å². The molecule has 1 atom stereocenters. The average molecular weight is 323 g/mol. The first-order valence-electron chi connectivity index (χ1n) is 8.21. The Balaban J connectivity index is 1.78. The number of hydrogen-bond donors (Lipinski definition) is 0. The summed E-state index contributed by atoms with van der Waals surface area (Å²) in [7, 11) is 1.98. The summed E-state index contributed by atoms with van der Waals surface area (Å²) >= 11 is 0. The molecule has 3 heterocycles. The van der Waals surface area contributed by atoms with Gasteiger partial charge in [0.15, 0.2) is 0 Å². The predicted molar refractivity (Wildman–Crippen MR) is 93.1 cm³/mol. The van der Waals surface area contributed by atoms with Gasteiger partial charge in [-0.2, -0.15) is 5.10 Å². The fraction of sp³-hybridized carbons (Fsp3) is 0.389. The lowest BCUT2D eigenvalue weighted by Gasteiger charge is -2.36. The van der Waals surface area contributed by atoms with Crippen molar-refractivity contribution in [2.75, 3.05) is 24.7 Å². The van der Waals surface area contributed by atoms with Crippen LogP contribution in [0.1, 0.15) is 23.0 Å². The van der Waals surface area contributed by atoms with Gasteiger partial charge in [-0.3, -0.25) is 9.67 Å². The van der Waals surface area contributed by atoms with Gasteiger partial charge in [0, 0.05) is 24.8 Å². The molecule has 0 radical (unpaired) electrons. The maximum absolute atomic E-state index is 5.77. The van der Waals surface area contributed by atoms with Gasteiger partial charge >= 0.3 is 0 Å². The molecule has 1 unspecified atom stereocenters. The first-order valence-corrected chi connectivity index (χ1v) is 8.21. The molecule has 4 rings (SSSR count). The predicted octanol–water partition coefficient (Wildman–Crippen LogP) is 2.56. The smallest absolute Gasteiger partial charge is 0.148 e. The Kier molecular flexibility index (Phi) is 3.69.